The van der Waals surface area contributed by atoms with E-state index in [1.807, 2.05) is 25.1 Å². The number of nitrogens with zero attached hydrogens (tertiary/aromatic N) is 1. The lowest BCUT2D eigenvalue weighted by Crippen LogP contribution is -2.47. The Labute approximate surface area is 113 Å². The van der Waals surface area contributed by atoms with E-state index in [0.717, 1.165) is 49.8 Å². The molecule has 1 unspecified atom stereocenters. The fourth-order valence-corrected chi connectivity index (χ4v) is 2.69. The van der Waals surface area contributed by atoms with Crippen molar-refractivity contribution in [1.82, 2.24) is 4.90 Å². The number of carbonyl (C=O) groups is 2. The average molecular weight is 260 g/mol. The Morgan fingerprint density at radius 1 is 1.47 bits per heavy atom. The first-order chi connectivity index (χ1) is 9.11. The second-order valence-corrected chi connectivity index (χ2v) is 5.19. The monoisotopic (exact) mass is 260 g/mol. The summed E-state index contributed by atoms with van der Waals surface area (Å²) in [7, 11) is 0. The number of likely N-dealkylation sites (tertiary alicyclic amines) is 1. The van der Waals surface area contributed by atoms with Crippen molar-refractivity contribution in [2.24, 2.45) is 5.73 Å². The van der Waals surface area contributed by atoms with Crippen molar-refractivity contribution in [3.63, 3.8) is 0 Å². The molecule has 2 N–H and O–H groups in total. The molecular weight excluding hydrogens is 240 g/mol. The third kappa shape index (κ3) is 3.20. The van der Waals surface area contributed by atoms with Gasteiger partial charge in [-0.1, -0.05) is 18.6 Å². The lowest BCUT2D eigenvalue weighted by atomic mass is 9.99. The van der Waals surface area contributed by atoms with E-state index in [9.17, 15) is 9.59 Å². The fourth-order valence-electron chi connectivity index (χ4n) is 2.69. The van der Waals surface area contributed by atoms with Gasteiger partial charge in [0.1, 0.15) is 6.29 Å². The summed E-state index contributed by atoms with van der Waals surface area (Å²) in [4.78, 5) is 24.4. The molecule has 0 bridgehead atoms. The number of carbonyl (C=O) groups excluding carboxylic acids is 2. The van der Waals surface area contributed by atoms with Gasteiger partial charge in [-0.15, -0.1) is 0 Å². The first kappa shape index (κ1) is 13.7. The number of amides is 1. The van der Waals surface area contributed by atoms with Gasteiger partial charge in [0.2, 0.25) is 5.91 Å². The van der Waals surface area contributed by atoms with Gasteiger partial charge in [0, 0.05) is 12.1 Å². The highest BCUT2D eigenvalue weighted by Gasteiger charge is 2.26. The summed E-state index contributed by atoms with van der Waals surface area (Å²) in [5.74, 6) is -0.234. The van der Waals surface area contributed by atoms with Crippen molar-refractivity contribution in [3.05, 3.63) is 34.9 Å². The van der Waals surface area contributed by atoms with Crippen molar-refractivity contribution in [2.75, 3.05) is 6.54 Å². The van der Waals surface area contributed by atoms with Crippen LogP contribution in [0.25, 0.3) is 0 Å². The Morgan fingerprint density at radius 2 is 2.26 bits per heavy atom. The number of hydrogen-bond acceptors (Lipinski definition) is 3. The smallest absolute Gasteiger partial charge is 0.234 e. The van der Waals surface area contributed by atoms with E-state index in [0.29, 0.717) is 5.56 Å². The zero-order chi connectivity index (χ0) is 13.8. The zero-order valence-corrected chi connectivity index (χ0v) is 11.3. The van der Waals surface area contributed by atoms with E-state index in [2.05, 4.69) is 4.90 Å². The van der Waals surface area contributed by atoms with Crippen LogP contribution in [-0.2, 0) is 11.3 Å². The Hall–Kier alpha value is -1.68. The molecule has 1 atom stereocenters. The van der Waals surface area contributed by atoms with Crippen LogP contribution in [-0.4, -0.2) is 29.7 Å². The van der Waals surface area contributed by atoms with E-state index in [1.165, 1.54) is 0 Å². The first-order valence-electron chi connectivity index (χ1n) is 6.70. The fraction of sp³-hybridized carbons (Fsp3) is 0.467. The third-order valence-corrected chi connectivity index (χ3v) is 3.82. The van der Waals surface area contributed by atoms with E-state index in [-0.39, 0.29) is 11.9 Å². The number of aldehydes is 1. The second-order valence-electron chi connectivity index (χ2n) is 5.19. The molecule has 1 aromatic rings. The third-order valence-electron chi connectivity index (χ3n) is 3.82. The predicted octanol–water partition coefficient (Wildman–Crippen LogP) is 1.65. The Morgan fingerprint density at radius 3 is 2.89 bits per heavy atom. The van der Waals surface area contributed by atoms with Crippen LogP contribution in [0.2, 0.25) is 0 Å². The summed E-state index contributed by atoms with van der Waals surface area (Å²) in [5.41, 5.74) is 8.39. The van der Waals surface area contributed by atoms with Gasteiger partial charge in [-0.05, 0) is 43.5 Å². The lowest BCUT2D eigenvalue weighted by molar-refractivity contribution is -0.124. The standard InChI is InChI=1S/C15H20N2O2/c1-11-8-12(10-18)5-6-13(11)9-17-7-3-2-4-14(17)15(16)19/h5-6,8,10,14H,2-4,7,9H2,1H3,(H2,16,19). The van der Waals surface area contributed by atoms with Crippen LogP contribution in [0.3, 0.4) is 0 Å². The summed E-state index contributed by atoms with van der Waals surface area (Å²) in [6, 6.07) is 5.51. The van der Waals surface area contributed by atoms with Gasteiger partial charge in [0.25, 0.3) is 0 Å². The molecule has 1 fully saturated rings. The molecule has 1 aliphatic rings. The minimum Gasteiger partial charge on any atom is -0.368 e. The maximum Gasteiger partial charge on any atom is 0.234 e. The molecule has 0 aliphatic carbocycles. The van der Waals surface area contributed by atoms with Gasteiger partial charge in [-0.2, -0.15) is 0 Å². The van der Waals surface area contributed by atoms with E-state index >= 15 is 0 Å². The van der Waals surface area contributed by atoms with Crippen LogP contribution in [0.4, 0.5) is 0 Å². The molecule has 19 heavy (non-hydrogen) atoms. The first-order valence-corrected chi connectivity index (χ1v) is 6.70. The summed E-state index contributed by atoms with van der Waals surface area (Å²) in [6.45, 7) is 3.62. The summed E-state index contributed by atoms with van der Waals surface area (Å²) in [6.07, 6.45) is 3.87. The minimum absolute atomic E-state index is 0.154. The predicted molar refractivity (Wildman–Crippen MR) is 73.8 cm³/mol. The topological polar surface area (TPSA) is 63.4 Å². The quantitative estimate of drug-likeness (QED) is 0.837. The molecule has 0 saturated carbocycles. The number of piperidine rings is 1. The van der Waals surface area contributed by atoms with Crippen molar-refractivity contribution in [1.29, 1.82) is 0 Å². The van der Waals surface area contributed by atoms with Crippen molar-refractivity contribution < 1.29 is 9.59 Å². The number of benzene rings is 1. The number of hydrogen-bond donors (Lipinski definition) is 1. The van der Waals surface area contributed by atoms with Crippen molar-refractivity contribution in [2.45, 2.75) is 38.8 Å². The van der Waals surface area contributed by atoms with Crippen molar-refractivity contribution >= 4 is 12.2 Å². The molecule has 1 heterocycles. The maximum atomic E-state index is 11.5. The molecule has 0 aromatic heterocycles. The summed E-state index contributed by atoms with van der Waals surface area (Å²) < 4.78 is 0. The van der Waals surface area contributed by atoms with Crippen LogP contribution in [0.5, 0.6) is 0 Å². The van der Waals surface area contributed by atoms with Crippen LogP contribution in [0, 0.1) is 6.92 Å². The maximum absolute atomic E-state index is 11.5. The van der Waals surface area contributed by atoms with Gasteiger partial charge in [-0.3, -0.25) is 14.5 Å². The van der Waals surface area contributed by atoms with Crippen LogP contribution < -0.4 is 5.73 Å². The van der Waals surface area contributed by atoms with Crippen LogP contribution in [0.15, 0.2) is 18.2 Å². The summed E-state index contributed by atoms with van der Waals surface area (Å²) in [5, 5.41) is 0. The van der Waals surface area contributed by atoms with E-state index in [4.69, 9.17) is 5.73 Å². The molecule has 1 aromatic carbocycles. The Bertz CT molecular complexity index is 485. The van der Waals surface area contributed by atoms with Crippen LogP contribution in [0.1, 0.15) is 40.7 Å². The van der Waals surface area contributed by atoms with Gasteiger partial charge in [-0.25, -0.2) is 0 Å². The molecule has 1 amide bonds. The lowest BCUT2D eigenvalue weighted by Gasteiger charge is -2.33. The van der Waals surface area contributed by atoms with Crippen molar-refractivity contribution in [3.8, 4) is 0 Å². The summed E-state index contributed by atoms with van der Waals surface area (Å²) >= 11 is 0. The second kappa shape index (κ2) is 5.97. The Balaban J connectivity index is 2.14. The highest BCUT2D eigenvalue weighted by Crippen LogP contribution is 2.21. The molecule has 1 saturated heterocycles. The molecule has 102 valence electrons. The molecule has 0 spiro atoms. The molecular formula is C15H20N2O2. The number of primary amides is 1. The highest BCUT2D eigenvalue weighted by molar-refractivity contribution is 5.80. The van der Waals surface area contributed by atoms with Gasteiger partial charge in [0.05, 0.1) is 6.04 Å². The number of aryl methyl sites for hydroxylation is 1. The molecule has 4 heteroatoms. The zero-order valence-electron chi connectivity index (χ0n) is 11.3. The molecule has 4 nitrogen and oxygen atoms in total. The average Bonchev–Trinajstić information content (AvgIpc) is 2.41. The SMILES string of the molecule is Cc1cc(C=O)ccc1CN1CCCCC1C(N)=O. The van der Waals surface area contributed by atoms with Gasteiger partial charge in [0.15, 0.2) is 0 Å². The Kier molecular flexibility index (Phi) is 4.32. The minimum atomic E-state index is -0.234. The number of nitrogens with two attached hydrogens (primary N) is 1. The van der Waals surface area contributed by atoms with Gasteiger partial charge >= 0.3 is 0 Å². The normalized spacial score (nSPS) is 20.2. The van der Waals surface area contributed by atoms with E-state index in [1.54, 1.807) is 0 Å². The van der Waals surface area contributed by atoms with Crippen LogP contribution >= 0.6 is 0 Å². The molecule has 0 radical (unpaired) electrons. The largest absolute Gasteiger partial charge is 0.368 e. The molecule has 2 rings (SSSR count). The van der Waals surface area contributed by atoms with Gasteiger partial charge < -0.3 is 5.73 Å². The van der Waals surface area contributed by atoms with E-state index < -0.39 is 0 Å². The highest BCUT2D eigenvalue weighted by atomic mass is 16.1. The number of rotatable bonds is 4. The molecule has 1 aliphatic heterocycles.